The van der Waals surface area contributed by atoms with Crippen molar-refractivity contribution in [2.45, 2.75) is 13.8 Å². The number of nitriles is 1. The van der Waals surface area contributed by atoms with Gasteiger partial charge in [0.1, 0.15) is 0 Å². The molecular formula is C58H34N2. The van der Waals surface area contributed by atoms with Crippen LogP contribution in [-0.2, 0) is 0 Å². The molecule has 0 saturated heterocycles. The molecule has 2 nitrogen and oxygen atoms in total. The van der Waals surface area contributed by atoms with Gasteiger partial charge in [0, 0.05) is 0 Å². The molecule has 0 saturated carbocycles. The number of fused-ring (bicyclic) bond motifs is 8. The zero-order valence-corrected chi connectivity index (χ0v) is 33.1. The van der Waals surface area contributed by atoms with Crippen LogP contribution in [0, 0.1) is 31.8 Å². The molecule has 0 fully saturated rings. The molecule has 0 heterocycles. The number of hydrogen-bond acceptors (Lipinski definition) is 1. The van der Waals surface area contributed by atoms with E-state index in [2.05, 4.69) is 176 Å². The summed E-state index contributed by atoms with van der Waals surface area (Å²) in [5.74, 6) is 0. The lowest BCUT2D eigenvalue weighted by Gasteiger charge is -2.19. The Hall–Kier alpha value is -8.04. The summed E-state index contributed by atoms with van der Waals surface area (Å²) in [6.45, 7) is 12.2. The van der Waals surface area contributed by atoms with Crippen LogP contribution < -0.4 is 0 Å². The maximum absolute atomic E-state index is 9.69. The summed E-state index contributed by atoms with van der Waals surface area (Å²) in [6, 6.07) is 63.8. The third-order valence-corrected chi connectivity index (χ3v) is 13.0. The van der Waals surface area contributed by atoms with Gasteiger partial charge < -0.3 is 0 Å². The van der Waals surface area contributed by atoms with E-state index in [0.717, 1.165) is 22.3 Å². The SMILES string of the molecule is [C-]#[N+]c1ccc(C#N)cc1-c1cc(C)c(-c2ccc3c4c(-c5ccccc5)c5c(cc6c7ccccc7c7cccc5c76)c(-c5ccccc5)c4c4cccc2c43)c(C)c1. The summed E-state index contributed by atoms with van der Waals surface area (Å²) in [5.41, 5.74) is 12.4. The van der Waals surface area contributed by atoms with E-state index in [1.54, 1.807) is 12.1 Å². The van der Waals surface area contributed by atoms with Crippen molar-refractivity contribution in [3.63, 3.8) is 0 Å². The van der Waals surface area contributed by atoms with Crippen molar-refractivity contribution >= 4 is 81.1 Å². The van der Waals surface area contributed by atoms with Crippen molar-refractivity contribution in [3.8, 4) is 50.6 Å². The van der Waals surface area contributed by atoms with Crippen LogP contribution in [0.3, 0.4) is 0 Å². The van der Waals surface area contributed by atoms with Gasteiger partial charge in [-0.3, -0.25) is 0 Å². The van der Waals surface area contributed by atoms with Gasteiger partial charge >= 0.3 is 0 Å². The average Bonchev–Trinajstić information content (AvgIpc) is 3.80. The van der Waals surface area contributed by atoms with Crippen molar-refractivity contribution in [2.24, 2.45) is 0 Å². The highest BCUT2D eigenvalue weighted by molar-refractivity contribution is 6.45. The lowest BCUT2D eigenvalue weighted by Crippen LogP contribution is -1.92. The Labute approximate surface area is 347 Å². The average molecular weight is 759 g/mol. The van der Waals surface area contributed by atoms with Gasteiger partial charge in [-0.25, -0.2) is 4.85 Å². The van der Waals surface area contributed by atoms with E-state index < -0.39 is 0 Å². The molecule has 0 radical (unpaired) electrons. The highest BCUT2D eigenvalue weighted by atomic mass is 14.6. The minimum atomic E-state index is 0.547. The van der Waals surface area contributed by atoms with Crippen molar-refractivity contribution in [1.29, 1.82) is 5.26 Å². The van der Waals surface area contributed by atoms with Crippen LogP contribution in [0.5, 0.6) is 0 Å². The quantitative estimate of drug-likeness (QED) is 0.130. The highest BCUT2D eigenvalue weighted by Crippen LogP contribution is 2.55. The Bertz CT molecular complexity index is 3820. The summed E-state index contributed by atoms with van der Waals surface area (Å²) in [4.78, 5) is 3.81. The Morgan fingerprint density at radius 1 is 0.383 bits per heavy atom. The smallest absolute Gasteiger partial charge is 0.194 e. The molecule has 0 aliphatic carbocycles. The van der Waals surface area contributed by atoms with Crippen molar-refractivity contribution in [1.82, 2.24) is 0 Å². The first kappa shape index (κ1) is 34.0. The van der Waals surface area contributed by atoms with Crippen LogP contribution in [-0.4, -0.2) is 0 Å². The van der Waals surface area contributed by atoms with Crippen molar-refractivity contribution in [3.05, 3.63) is 198 Å². The van der Waals surface area contributed by atoms with E-state index in [0.29, 0.717) is 11.3 Å². The van der Waals surface area contributed by atoms with E-state index >= 15 is 0 Å². The van der Waals surface area contributed by atoms with Gasteiger partial charge in [-0.15, -0.1) is 0 Å². The molecule has 0 aromatic heterocycles. The molecule has 12 aromatic carbocycles. The van der Waals surface area contributed by atoms with Gasteiger partial charge in [-0.05, 0) is 157 Å². The molecular weight excluding hydrogens is 725 g/mol. The maximum atomic E-state index is 9.69. The molecule has 0 atom stereocenters. The third kappa shape index (κ3) is 4.62. The zero-order chi connectivity index (χ0) is 40.2. The molecule has 0 aliphatic heterocycles. The minimum Gasteiger partial charge on any atom is -0.238 e. The number of benzene rings is 10. The molecule has 0 unspecified atom stereocenters. The molecule has 276 valence electrons. The molecule has 12 rings (SSSR count). The predicted molar refractivity (Wildman–Crippen MR) is 254 cm³/mol. The van der Waals surface area contributed by atoms with Gasteiger partial charge in [0.15, 0.2) is 5.69 Å². The largest absolute Gasteiger partial charge is 0.238 e. The van der Waals surface area contributed by atoms with Crippen molar-refractivity contribution < 1.29 is 0 Å². The summed E-state index contributed by atoms with van der Waals surface area (Å²) in [6.07, 6.45) is 0. The second kappa shape index (κ2) is 12.7. The molecule has 12 aromatic rings. The molecule has 0 amide bonds. The number of nitrogens with zero attached hydrogens (tertiary/aromatic N) is 2. The van der Waals surface area contributed by atoms with E-state index in [4.69, 9.17) is 6.57 Å². The summed E-state index contributed by atoms with van der Waals surface area (Å²) in [7, 11) is 0. The monoisotopic (exact) mass is 758 g/mol. The number of hydrogen-bond donors (Lipinski definition) is 0. The number of rotatable bonds is 4. The molecule has 2 heteroatoms. The van der Waals surface area contributed by atoms with Crippen LogP contribution in [0.15, 0.2) is 170 Å². The van der Waals surface area contributed by atoms with Gasteiger partial charge in [0.25, 0.3) is 0 Å². The fraction of sp³-hybridized carbons (Fsp3) is 0.0345. The predicted octanol–water partition coefficient (Wildman–Crippen LogP) is 16.3. The normalized spacial score (nSPS) is 11.8. The maximum Gasteiger partial charge on any atom is 0.194 e. The van der Waals surface area contributed by atoms with Crippen LogP contribution in [0.1, 0.15) is 16.7 Å². The van der Waals surface area contributed by atoms with Crippen LogP contribution >= 0.6 is 0 Å². The fourth-order valence-corrected chi connectivity index (χ4v) is 10.7. The number of aryl methyl sites for hydroxylation is 2. The molecule has 0 aliphatic rings. The Balaban J connectivity index is 1.25. The minimum absolute atomic E-state index is 0.547. The lowest BCUT2D eigenvalue weighted by molar-refractivity contribution is 1.38. The molecule has 60 heavy (non-hydrogen) atoms. The molecule has 0 spiro atoms. The highest BCUT2D eigenvalue weighted by Gasteiger charge is 2.27. The van der Waals surface area contributed by atoms with Gasteiger partial charge in [-0.2, -0.15) is 5.26 Å². The zero-order valence-electron chi connectivity index (χ0n) is 33.1. The molecule has 0 N–H and O–H groups in total. The summed E-state index contributed by atoms with van der Waals surface area (Å²) in [5, 5.41) is 27.6. The second-order valence-electron chi connectivity index (χ2n) is 16.2. The Morgan fingerprint density at radius 2 is 0.933 bits per heavy atom. The first-order chi connectivity index (χ1) is 29.5. The first-order valence-corrected chi connectivity index (χ1v) is 20.4. The topological polar surface area (TPSA) is 28.1 Å². The van der Waals surface area contributed by atoms with Crippen LogP contribution in [0.4, 0.5) is 5.69 Å². The van der Waals surface area contributed by atoms with E-state index in [1.165, 1.54) is 109 Å². The van der Waals surface area contributed by atoms with Gasteiger partial charge in [0.05, 0.1) is 18.2 Å². The fourth-order valence-electron chi connectivity index (χ4n) is 10.7. The van der Waals surface area contributed by atoms with Crippen LogP contribution in [0.2, 0.25) is 0 Å². The first-order valence-electron chi connectivity index (χ1n) is 20.4. The van der Waals surface area contributed by atoms with E-state index in [9.17, 15) is 5.26 Å². The standard InChI is InChI=1S/C58H34N2/c1-33-28-38(47-30-35(32-59)24-27-50(47)60-3)29-34(2)51(33)43-25-26-46-54-42(43)21-13-23-45(54)57-52(36-14-6-4-7-15-36)49-31-48-40-19-11-10-18-39(40)41-20-12-22-44(55(41)48)56(49)53(58(46)57)37-16-8-5-9-17-37/h4-31H,1-2H3. The second-order valence-corrected chi connectivity index (χ2v) is 16.2. The van der Waals surface area contributed by atoms with Crippen LogP contribution in [0.25, 0.3) is 125 Å². The lowest BCUT2D eigenvalue weighted by atomic mass is 9.84. The third-order valence-electron chi connectivity index (χ3n) is 13.0. The van der Waals surface area contributed by atoms with E-state index in [-0.39, 0.29) is 0 Å². The summed E-state index contributed by atoms with van der Waals surface area (Å²) >= 11 is 0. The Kier molecular flexibility index (Phi) is 7.22. The van der Waals surface area contributed by atoms with Crippen molar-refractivity contribution in [2.75, 3.05) is 0 Å². The van der Waals surface area contributed by atoms with Gasteiger partial charge in [0.2, 0.25) is 0 Å². The molecule has 0 bridgehead atoms. The summed E-state index contributed by atoms with van der Waals surface area (Å²) < 4.78 is 0. The Morgan fingerprint density at radius 3 is 1.62 bits per heavy atom. The van der Waals surface area contributed by atoms with E-state index in [1.807, 2.05) is 6.07 Å². The van der Waals surface area contributed by atoms with Gasteiger partial charge in [-0.1, -0.05) is 158 Å².